The van der Waals surface area contributed by atoms with Crippen LogP contribution in [0.25, 0.3) is 10.9 Å². The van der Waals surface area contributed by atoms with Crippen molar-refractivity contribution < 1.29 is 35.9 Å². The Hall–Kier alpha value is -2.56. The SMILES string of the molecule is O=C(N[C@H]1C[C@H](NCC(F)(F)F)C1)c1cnc2cc(OC(F)F)c(F)cc2c1. The Bertz CT molecular complexity index is 868. The summed E-state index contributed by atoms with van der Waals surface area (Å²) < 4.78 is 78.8. The van der Waals surface area contributed by atoms with Crippen LogP contribution in [-0.2, 0) is 0 Å². The molecule has 0 bridgehead atoms. The van der Waals surface area contributed by atoms with E-state index in [0.717, 1.165) is 12.1 Å². The van der Waals surface area contributed by atoms with Gasteiger partial charge in [0.25, 0.3) is 5.91 Å². The summed E-state index contributed by atoms with van der Waals surface area (Å²) >= 11 is 0. The number of aromatic nitrogens is 1. The first-order valence-electron chi connectivity index (χ1n) is 8.26. The average Bonchev–Trinajstić information content (AvgIpc) is 2.55. The molecule has 1 aromatic carbocycles. The van der Waals surface area contributed by atoms with Crippen LogP contribution >= 0.6 is 0 Å². The predicted octanol–water partition coefficient (Wildman–Crippen LogP) is 3.39. The highest BCUT2D eigenvalue weighted by atomic mass is 19.4. The van der Waals surface area contributed by atoms with Crippen molar-refractivity contribution in [3.63, 3.8) is 0 Å². The van der Waals surface area contributed by atoms with E-state index in [1.807, 2.05) is 0 Å². The molecule has 2 aromatic rings. The molecule has 1 aromatic heterocycles. The zero-order valence-corrected chi connectivity index (χ0v) is 14.2. The van der Waals surface area contributed by atoms with Crippen molar-refractivity contribution >= 4 is 16.8 Å². The standard InChI is InChI=1S/C17H15F6N3O2/c18-12-2-8-1-9(6-24-13(8)5-14(12)28-16(19)20)15(27)26-11-3-10(4-11)25-7-17(21,22)23/h1-2,5-6,10-11,16,25H,3-4,7H2,(H,26,27)/t10-,11-. The van der Waals surface area contributed by atoms with Crippen molar-refractivity contribution in [2.24, 2.45) is 0 Å². The lowest BCUT2D eigenvalue weighted by atomic mass is 9.86. The third-order valence-corrected chi connectivity index (χ3v) is 4.28. The summed E-state index contributed by atoms with van der Waals surface area (Å²) in [6.45, 7) is -4.27. The highest BCUT2D eigenvalue weighted by Gasteiger charge is 2.34. The van der Waals surface area contributed by atoms with Gasteiger partial charge in [0.15, 0.2) is 11.6 Å². The third kappa shape index (κ3) is 5.03. The zero-order chi connectivity index (χ0) is 20.5. The summed E-state index contributed by atoms with van der Waals surface area (Å²) in [7, 11) is 0. The first-order chi connectivity index (χ1) is 13.1. The molecule has 0 aliphatic heterocycles. The second-order valence-corrected chi connectivity index (χ2v) is 6.41. The minimum atomic E-state index is -4.29. The molecule has 2 N–H and O–H groups in total. The van der Waals surface area contributed by atoms with Crippen LogP contribution in [0.3, 0.4) is 0 Å². The van der Waals surface area contributed by atoms with Crippen LogP contribution < -0.4 is 15.4 Å². The fraction of sp³-hybridized carbons (Fsp3) is 0.412. The van der Waals surface area contributed by atoms with E-state index >= 15 is 0 Å². The lowest BCUT2D eigenvalue weighted by molar-refractivity contribution is -0.127. The van der Waals surface area contributed by atoms with Gasteiger partial charge in [0.05, 0.1) is 17.6 Å². The van der Waals surface area contributed by atoms with Crippen molar-refractivity contribution in [1.29, 1.82) is 0 Å². The smallest absolute Gasteiger partial charge is 0.401 e. The number of carbonyl (C=O) groups excluding carboxylic acids is 1. The average molecular weight is 407 g/mol. The lowest BCUT2D eigenvalue weighted by Crippen LogP contribution is -2.53. The Labute approximate surface area is 155 Å². The summed E-state index contributed by atoms with van der Waals surface area (Å²) in [5.74, 6) is -2.19. The summed E-state index contributed by atoms with van der Waals surface area (Å²) in [6, 6.07) is 2.65. The Kier molecular flexibility index (Phi) is 5.64. The van der Waals surface area contributed by atoms with Crippen LogP contribution in [-0.4, -0.2) is 42.3 Å². The van der Waals surface area contributed by atoms with E-state index in [9.17, 15) is 31.1 Å². The molecular weight excluding hydrogens is 392 g/mol. The van der Waals surface area contributed by atoms with Crippen molar-refractivity contribution in [2.75, 3.05) is 6.54 Å². The number of halogens is 6. The molecule has 5 nitrogen and oxygen atoms in total. The molecule has 1 saturated carbocycles. The van der Waals surface area contributed by atoms with Crippen molar-refractivity contribution in [3.05, 3.63) is 35.8 Å². The summed E-state index contributed by atoms with van der Waals surface area (Å²) in [5.41, 5.74) is 0.273. The van der Waals surface area contributed by atoms with Crippen molar-refractivity contribution in [2.45, 2.75) is 37.7 Å². The number of nitrogens with one attached hydrogen (secondary N) is 2. The van der Waals surface area contributed by atoms with Crippen LogP contribution in [0.4, 0.5) is 26.3 Å². The monoisotopic (exact) mass is 407 g/mol. The first-order valence-corrected chi connectivity index (χ1v) is 8.26. The minimum Gasteiger partial charge on any atom is -0.432 e. The van der Waals surface area contributed by atoms with E-state index in [1.165, 1.54) is 12.3 Å². The van der Waals surface area contributed by atoms with Gasteiger partial charge in [0, 0.05) is 29.7 Å². The van der Waals surface area contributed by atoms with Crippen LogP contribution in [0.1, 0.15) is 23.2 Å². The molecule has 3 rings (SSSR count). The summed E-state index contributed by atoms with van der Waals surface area (Å²) in [6.07, 6.45) is -2.39. The normalized spacial score (nSPS) is 19.5. The molecular formula is C17H15F6N3O2. The first kappa shape index (κ1) is 20.2. The number of hydrogen-bond donors (Lipinski definition) is 2. The molecule has 152 valence electrons. The van der Waals surface area contributed by atoms with Crippen LogP contribution in [0.15, 0.2) is 24.4 Å². The van der Waals surface area contributed by atoms with Gasteiger partial charge in [0.1, 0.15) is 0 Å². The van der Waals surface area contributed by atoms with E-state index in [2.05, 4.69) is 20.4 Å². The number of ether oxygens (including phenoxy) is 1. The Morgan fingerprint density at radius 1 is 1.21 bits per heavy atom. The maximum Gasteiger partial charge on any atom is 0.401 e. The number of amides is 1. The number of benzene rings is 1. The number of rotatable bonds is 6. The van der Waals surface area contributed by atoms with Gasteiger partial charge >= 0.3 is 12.8 Å². The van der Waals surface area contributed by atoms with Crippen LogP contribution in [0, 0.1) is 5.82 Å². The predicted molar refractivity (Wildman–Crippen MR) is 86.7 cm³/mol. The molecule has 0 spiro atoms. The van der Waals surface area contributed by atoms with E-state index in [-0.39, 0.29) is 28.6 Å². The van der Waals surface area contributed by atoms with Gasteiger partial charge in [-0.1, -0.05) is 0 Å². The summed E-state index contributed by atoms with van der Waals surface area (Å²) in [4.78, 5) is 16.2. The van der Waals surface area contributed by atoms with Crippen LogP contribution in [0.5, 0.6) is 5.75 Å². The number of carbonyl (C=O) groups is 1. The zero-order valence-electron chi connectivity index (χ0n) is 14.2. The lowest BCUT2D eigenvalue weighted by Gasteiger charge is -2.36. The highest BCUT2D eigenvalue weighted by molar-refractivity contribution is 5.97. The Balaban J connectivity index is 1.60. The van der Waals surface area contributed by atoms with Gasteiger partial charge in [-0.2, -0.15) is 22.0 Å². The van der Waals surface area contributed by atoms with E-state index < -0.39 is 36.8 Å². The fourth-order valence-electron chi connectivity index (χ4n) is 2.87. The number of alkyl halides is 5. The second kappa shape index (κ2) is 7.82. The van der Waals surface area contributed by atoms with E-state index in [1.54, 1.807) is 0 Å². The molecule has 0 unspecified atom stereocenters. The van der Waals surface area contributed by atoms with Crippen LogP contribution in [0.2, 0.25) is 0 Å². The molecule has 11 heteroatoms. The third-order valence-electron chi connectivity index (χ3n) is 4.28. The van der Waals surface area contributed by atoms with Gasteiger partial charge in [-0.25, -0.2) is 4.39 Å². The molecule has 1 aliphatic rings. The Morgan fingerprint density at radius 3 is 2.57 bits per heavy atom. The highest BCUT2D eigenvalue weighted by Crippen LogP contribution is 2.26. The molecule has 0 atom stereocenters. The molecule has 1 heterocycles. The molecule has 1 amide bonds. The molecule has 28 heavy (non-hydrogen) atoms. The summed E-state index contributed by atoms with van der Waals surface area (Å²) in [5, 5.41) is 5.23. The van der Waals surface area contributed by atoms with Gasteiger partial charge < -0.3 is 15.4 Å². The number of hydrogen-bond acceptors (Lipinski definition) is 4. The number of fused-ring (bicyclic) bond motifs is 1. The topological polar surface area (TPSA) is 63.2 Å². The van der Waals surface area contributed by atoms with E-state index in [0.29, 0.717) is 12.8 Å². The maximum absolute atomic E-state index is 13.8. The van der Waals surface area contributed by atoms with Crippen molar-refractivity contribution in [1.82, 2.24) is 15.6 Å². The van der Waals surface area contributed by atoms with Gasteiger partial charge in [-0.3, -0.25) is 9.78 Å². The number of nitrogens with zero attached hydrogens (tertiary/aromatic N) is 1. The van der Waals surface area contributed by atoms with Gasteiger partial charge in [0.2, 0.25) is 0 Å². The van der Waals surface area contributed by atoms with E-state index in [4.69, 9.17) is 0 Å². The number of pyridine rings is 1. The maximum atomic E-state index is 13.8. The van der Waals surface area contributed by atoms with Gasteiger partial charge in [-0.15, -0.1) is 0 Å². The molecule has 0 radical (unpaired) electrons. The fourth-order valence-corrected chi connectivity index (χ4v) is 2.87. The van der Waals surface area contributed by atoms with Crippen molar-refractivity contribution in [3.8, 4) is 5.75 Å². The molecule has 0 saturated heterocycles. The minimum absolute atomic E-state index is 0.112. The molecule has 1 aliphatic carbocycles. The second-order valence-electron chi connectivity index (χ2n) is 6.41. The quantitative estimate of drug-likeness (QED) is 0.721. The largest absolute Gasteiger partial charge is 0.432 e. The van der Waals surface area contributed by atoms with Gasteiger partial charge in [-0.05, 0) is 25.0 Å². The Morgan fingerprint density at radius 2 is 1.93 bits per heavy atom. The molecule has 1 fully saturated rings.